The minimum Gasteiger partial charge on any atom is -0.497 e. The van der Waals surface area contributed by atoms with Gasteiger partial charge < -0.3 is 20.1 Å². The zero-order valence-electron chi connectivity index (χ0n) is 16.8. The number of carbonyl (C=O) groups excluding carboxylic acids is 2. The molecule has 0 bridgehead atoms. The Bertz CT molecular complexity index is 833. The number of aryl methyl sites for hydroxylation is 2. The van der Waals surface area contributed by atoms with Crippen LogP contribution in [-0.4, -0.2) is 38.6 Å². The lowest BCUT2D eigenvalue weighted by Gasteiger charge is -2.09. The van der Waals surface area contributed by atoms with Gasteiger partial charge in [-0.3, -0.25) is 9.59 Å². The summed E-state index contributed by atoms with van der Waals surface area (Å²) < 4.78 is 10.8. The lowest BCUT2D eigenvalue weighted by Crippen LogP contribution is -2.29. The monoisotopic (exact) mass is 396 g/mol. The molecule has 6 nitrogen and oxygen atoms in total. The van der Waals surface area contributed by atoms with Gasteiger partial charge in [-0.25, -0.2) is 0 Å². The third-order valence-corrected chi connectivity index (χ3v) is 4.98. The van der Waals surface area contributed by atoms with Crippen molar-refractivity contribution in [3.05, 3.63) is 59.2 Å². The fraction of sp³-hybridized carbons (Fsp3) is 0.391. The Morgan fingerprint density at radius 1 is 0.931 bits per heavy atom. The van der Waals surface area contributed by atoms with Crippen molar-refractivity contribution in [2.24, 2.45) is 0 Å². The molecule has 0 spiro atoms. The molecule has 0 saturated heterocycles. The van der Waals surface area contributed by atoms with Crippen molar-refractivity contribution in [2.45, 2.75) is 32.1 Å². The smallest absolute Gasteiger partial charge is 0.251 e. The van der Waals surface area contributed by atoms with Gasteiger partial charge in [-0.2, -0.15) is 0 Å². The molecule has 0 unspecified atom stereocenters. The Balaban J connectivity index is 1.25. The minimum absolute atomic E-state index is 0.0405. The van der Waals surface area contributed by atoms with E-state index in [4.69, 9.17) is 9.47 Å². The molecule has 2 N–H and O–H groups in total. The van der Waals surface area contributed by atoms with Crippen molar-refractivity contribution < 1.29 is 19.1 Å². The predicted octanol–water partition coefficient (Wildman–Crippen LogP) is 2.89. The van der Waals surface area contributed by atoms with Gasteiger partial charge in [-0.15, -0.1) is 0 Å². The van der Waals surface area contributed by atoms with E-state index in [-0.39, 0.29) is 11.8 Å². The molecular formula is C23H28N2O4. The van der Waals surface area contributed by atoms with Crippen LogP contribution in [0.1, 0.15) is 40.7 Å². The van der Waals surface area contributed by atoms with Crippen LogP contribution in [0, 0.1) is 0 Å². The molecule has 0 heterocycles. The van der Waals surface area contributed by atoms with Gasteiger partial charge in [-0.05, 0) is 73.2 Å². The second-order valence-electron chi connectivity index (χ2n) is 7.07. The van der Waals surface area contributed by atoms with E-state index in [1.54, 1.807) is 31.4 Å². The average molecular weight is 396 g/mol. The maximum Gasteiger partial charge on any atom is 0.251 e. The summed E-state index contributed by atoms with van der Waals surface area (Å²) in [4.78, 5) is 23.9. The van der Waals surface area contributed by atoms with E-state index in [2.05, 4.69) is 22.8 Å². The van der Waals surface area contributed by atoms with Crippen LogP contribution in [-0.2, 0) is 17.6 Å². The zero-order chi connectivity index (χ0) is 20.5. The molecule has 6 heteroatoms. The van der Waals surface area contributed by atoms with Crippen LogP contribution in [0.4, 0.5) is 0 Å². The van der Waals surface area contributed by atoms with Crippen molar-refractivity contribution in [3.8, 4) is 11.5 Å². The van der Waals surface area contributed by atoms with Crippen molar-refractivity contribution in [3.63, 3.8) is 0 Å². The van der Waals surface area contributed by atoms with Crippen LogP contribution in [0.15, 0.2) is 42.5 Å². The Morgan fingerprint density at radius 3 is 2.48 bits per heavy atom. The van der Waals surface area contributed by atoms with E-state index in [1.165, 1.54) is 17.5 Å². The predicted molar refractivity (Wildman–Crippen MR) is 112 cm³/mol. The van der Waals surface area contributed by atoms with E-state index < -0.39 is 0 Å². The van der Waals surface area contributed by atoms with Crippen molar-refractivity contribution in [1.29, 1.82) is 0 Å². The van der Waals surface area contributed by atoms with Crippen LogP contribution in [0.3, 0.4) is 0 Å². The molecule has 2 aromatic rings. The second kappa shape index (κ2) is 10.5. The van der Waals surface area contributed by atoms with Gasteiger partial charge >= 0.3 is 0 Å². The van der Waals surface area contributed by atoms with Crippen LogP contribution in [0.5, 0.6) is 11.5 Å². The number of nitrogens with one attached hydrogen (secondary N) is 2. The van der Waals surface area contributed by atoms with E-state index in [0.717, 1.165) is 18.6 Å². The molecule has 0 radical (unpaired) electrons. The van der Waals surface area contributed by atoms with Gasteiger partial charge in [-0.1, -0.05) is 6.07 Å². The van der Waals surface area contributed by atoms with Crippen LogP contribution >= 0.6 is 0 Å². The lowest BCUT2D eigenvalue weighted by atomic mass is 10.1. The summed E-state index contributed by atoms with van der Waals surface area (Å²) in [5, 5.41) is 5.66. The first-order chi connectivity index (χ1) is 14.2. The van der Waals surface area contributed by atoms with Crippen molar-refractivity contribution in [1.82, 2.24) is 10.6 Å². The first kappa shape index (κ1) is 20.7. The maximum absolute atomic E-state index is 12.0. The first-order valence-corrected chi connectivity index (χ1v) is 10.1. The molecule has 2 amide bonds. The number of benzene rings is 2. The molecule has 29 heavy (non-hydrogen) atoms. The van der Waals surface area contributed by atoms with E-state index >= 15 is 0 Å². The standard InChI is InChI=1S/C23H28N2O4/c1-28-20-10-8-18(9-11-20)23(27)25-13-3-6-22(26)24-14-15-29-21-12-7-17-4-2-5-19(17)16-21/h7-12,16H,2-6,13-15H2,1H3,(H,24,26)(H,25,27). The number of rotatable bonds is 10. The Hall–Kier alpha value is -3.02. The van der Waals surface area contributed by atoms with Crippen molar-refractivity contribution in [2.75, 3.05) is 26.8 Å². The number of hydrogen-bond donors (Lipinski definition) is 2. The largest absolute Gasteiger partial charge is 0.497 e. The number of fused-ring (bicyclic) bond motifs is 1. The van der Waals surface area contributed by atoms with E-state index in [1.807, 2.05) is 6.07 Å². The van der Waals surface area contributed by atoms with E-state index in [9.17, 15) is 9.59 Å². The van der Waals surface area contributed by atoms with Crippen LogP contribution in [0.2, 0.25) is 0 Å². The van der Waals surface area contributed by atoms with Gasteiger partial charge in [0.25, 0.3) is 5.91 Å². The van der Waals surface area contributed by atoms with Crippen LogP contribution in [0.25, 0.3) is 0 Å². The summed E-state index contributed by atoms with van der Waals surface area (Å²) in [6.07, 6.45) is 4.45. The third kappa shape index (κ3) is 6.24. The molecule has 2 aromatic carbocycles. The molecule has 0 atom stereocenters. The highest BCUT2D eigenvalue weighted by atomic mass is 16.5. The number of ether oxygens (including phenoxy) is 2. The fourth-order valence-electron chi connectivity index (χ4n) is 3.38. The molecule has 0 aliphatic heterocycles. The summed E-state index contributed by atoms with van der Waals surface area (Å²) in [5.74, 6) is 1.37. The summed E-state index contributed by atoms with van der Waals surface area (Å²) in [6.45, 7) is 1.36. The highest BCUT2D eigenvalue weighted by Crippen LogP contribution is 2.25. The quantitative estimate of drug-likeness (QED) is 0.606. The van der Waals surface area contributed by atoms with E-state index in [0.29, 0.717) is 43.9 Å². The summed E-state index contributed by atoms with van der Waals surface area (Å²) >= 11 is 0. The van der Waals surface area contributed by atoms with Gasteiger partial charge in [0.2, 0.25) is 5.91 Å². The molecule has 0 saturated carbocycles. The van der Waals surface area contributed by atoms with Gasteiger partial charge in [0, 0.05) is 18.5 Å². The molecule has 1 aliphatic rings. The first-order valence-electron chi connectivity index (χ1n) is 10.1. The fourth-order valence-corrected chi connectivity index (χ4v) is 3.38. The second-order valence-corrected chi connectivity index (χ2v) is 7.07. The van der Waals surface area contributed by atoms with Crippen molar-refractivity contribution >= 4 is 11.8 Å². The average Bonchev–Trinajstić information content (AvgIpc) is 3.22. The van der Waals surface area contributed by atoms with Gasteiger partial charge in [0.15, 0.2) is 0 Å². The van der Waals surface area contributed by atoms with Gasteiger partial charge in [0.1, 0.15) is 18.1 Å². The zero-order valence-corrected chi connectivity index (χ0v) is 16.8. The number of amides is 2. The molecule has 154 valence electrons. The normalized spacial score (nSPS) is 12.2. The Morgan fingerprint density at radius 2 is 1.69 bits per heavy atom. The minimum atomic E-state index is -0.157. The molecule has 0 fully saturated rings. The highest BCUT2D eigenvalue weighted by molar-refractivity contribution is 5.94. The number of carbonyl (C=O) groups is 2. The highest BCUT2D eigenvalue weighted by Gasteiger charge is 2.11. The molecule has 1 aliphatic carbocycles. The lowest BCUT2D eigenvalue weighted by molar-refractivity contribution is -0.121. The number of hydrogen-bond acceptors (Lipinski definition) is 4. The third-order valence-electron chi connectivity index (χ3n) is 4.98. The Labute approximate surface area is 171 Å². The molecule has 3 rings (SSSR count). The summed E-state index contributed by atoms with van der Waals surface area (Å²) in [7, 11) is 1.58. The topological polar surface area (TPSA) is 76.7 Å². The van der Waals surface area contributed by atoms with Crippen LogP contribution < -0.4 is 20.1 Å². The summed E-state index contributed by atoms with van der Waals surface area (Å²) in [6, 6.07) is 13.1. The van der Waals surface area contributed by atoms with Gasteiger partial charge in [0.05, 0.1) is 13.7 Å². The SMILES string of the molecule is COc1ccc(C(=O)NCCCC(=O)NCCOc2ccc3c(c2)CCC3)cc1. The summed E-state index contributed by atoms with van der Waals surface area (Å²) in [5.41, 5.74) is 3.37. The molecular weight excluding hydrogens is 368 g/mol. The number of methoxy groups -OCH3 is 1. The molecule has 0 aromatic heterocycles. The Kier molecular flexibility index (Phi) is 7.50. The maximum atomic E-state index is 12.0.